The Morgan fingerprint density at radius 1 is 1.12 bits per heavy atom. The van der Waals surface area contributed by atoms with E-state index in [4.69, 9.17) is 0 Å². The normalized spacial score (nSPS) is 18.4. The van der Waals surface area contributed by atoms with Gasteiger partial charge in [0, 0.05) is 12.1 Å². The number of anilines is 1. The van der Waals surface area contributed by atoms with E-state index in [1.165, 1.54) is 21.6 Å². The van der Waals surface area contributed by atoms with E-state index in [0.717, 1.165) is 30.8 Å². The van der Waals surface area contributed by atoms with E-state index < -0.39 is 0 Å². The van der Waals surface area contributed by atoms with Gasteiger partial charge < -0.3 is 10.2 Å². The number of quaternary nitrogens is 1. The van der Waals surface area contributed by atoms with Gasteiger partial charge in [-0.3, -0.25) is 4.79 Å². The van der Waals surface area contributed by atoms with Crippen LogP contribution in [0.2, 0.25) is 0 Å². The number of carbonyl (C=O) groups excluding carboxylic acids is 1. The van der Waals surface area contributed by atoms with Gasteiger partial charge in [0.1, 0.15) is 0 Å². The molecular formula is C22H27N2O+. The molecule has 0 spiro atoms. The molecule has 3 nitrogen and oxygen atoms in total. The summed E-state index contributed by atoms with van der Waals surface area (Å²) in [6.07, 6.45) is 3.30. The predicted octanol–water partition coefficient (Wildman–Crippen LogP) is 3.00. The van der Waals surface area contributed by atoms with E-state index in [-0.39, 0.29) is 11.9 Å². The first-order valence-electron chi connectivity index (χ1n) is 9.02. The van der Waals surface area contributed by atoms with E-state index in [1.807, 2.05) is 32.0 Å². The first-order chi connectivity index (χ1) is 12.0. The molecule has 0 radical (unpaired) electrons. The molecule has 0 aromatic heterocycles. The fourth-order valence-electron chi connectivity index (χ4n) is 3.44. The van der Waals surface area contributed by atoms with Crippen molar-refractivity contribution in [1.29, 1.82) is 0 Å². The molecular weight excluding hydrogens is 308 g/mol. The van der Waals surface area contributed by atoms with Crippen LogP contribution in [0.25, 0.3) is 5.57 Å². The van der Waals surface area contributed by atoms with Crippen molar-refractivity contribution in [3.63, 3.8) is 0 Å². The third kappa shape index (κ3) is 4.18. The minimum absolute atomic E-state index is 0.0609. The van der Waals surface area contributed by atoms with E-state index in [9.17, 15) is 4.79 Å². The maximum Gasteiger partial charge on any atom is 0.282 e. The highest BCUT2D eigenvalue weighted by molar-refractivity contribution is 5.94. The summed E-state index contributed by atoms with van der Waals surface area (Å²) in [6.45, 7) is 8.01. The molecule has 1 heterocycles. The van der Waals surface area contributed by atoms with E-state index >= 15 is 0 Å². The summed E-state index contributed by atoms with van der Waals surface area (Å²) in [5, 5.41) is 3.10. The van der Waals surface area contributed by atoms with Gasteiger partial charge in [0.25, 0.3) is 5.91 Å². The van der Waals surface area contributed by atoms with Crippen LogP contribution in [0.5, 0.6) is 0 Å². The summed E-state index contributed by atoms with van der Waals surface area (Å²) in [4.78, 5) is 14.0. The lowest BCUT2D eigenvalue weighted by molar-refractivity contribution is -0.909. The summed E-state index contributed by atoms with van der Waals surface area (Å²) in [5.41, 5.74) is 5.93. The Morgan fingerprint density at radius 3 is 2.52 bits per heavy atom. The van der Waals surface area contributed by atoms with Gasteiger partial charge in [0.05, 0.1) is 13.1 Å². The maximum atomic E-state index is 12.6. The lowest BCUT2D eigenvalue weighted by Gasteiger charge is -2.28. The summed E-state index contributed by atoms with van der Waals surface area (Å²) < 4.78 is 0. The van der Waals surface area contributed by atoms with E-state index in [0.29, 0.717) is 0 Å². The Balaban J connectivity index is 1.63. The molecule has 1 amide bonds. The average Bonchev–Trinajstić information content (AvgIpc) is 2.64. The number of hydrogen-bond donors (Lipinski definition) is 2. The molecule has 0 fully saturated rings. The molecule has 0 bridgehead atoms. The number of hydrogen-bond acceptors (Lipinski definition) is 1. The van der Waals surface area contributed by atoms with E-state index in [2.05, 4.69) is 48.6 Å². The number of rotatable bonds is 4. The van der Waals surface area contributed by atoms with Crippen LogP contribution < -0.4 is 10.2 Å². The molecule has 0 aliphatic carbocycles. The van der Waals surface area contributed by atoms with Crippen LogP contribution >= 0.6 is 0 Å². The van der Waals surface area contributed by atoms with Crippen molar-refractivity contribution in [2.24, 2.45) is 0 Å². The third-order valence-corrected chi connectivity index (χ3v) is 5.12. The number of benzene rings is 2. The zero-order valence-corrected chi connectivity index (χ0v) is 15.3. The Hall–Kier alpha value is -2.39. The van der Waals surface area contributed by atoms with Crippen LogP contribution in [0.3, 0.4) is 0 Å². The van der Waals surface area contributed by atoms with Gasteiger partial charge >= 0.3 is 0 Å². The molecule has 1 aliphatic heterocycles. The Morgan fingerprint density at radius 2 is 1.88 bits per heavy atom. The number of carbonyl (C=O) groups is 1. The van der Waals surface area contributed by atoms with Crippen LogP contribution in [-0.2, 0) is 4.79 Å². The Bertz CT molecular complexity index is 780. The predicted molar refractivity (Wildman–Crippen MR) is 104 cm³/mol. The highest BCUT2D eigenvalue weighted by Gasteiger charge is 2.27. The molecule has 2 aromatic carbocycles. The van der Waals surface area contributed by atoms with Crippen LogP contribution in [0.1, 0.15) is 30.0 Å². The third-order valence-electron chi connectivity index (χ3n) is 5.12. The second kappa shape index (κ2) is 7.66. The van der Waals surface area contributed by atoms with Gasteiger partial charge in [-0.2, -0.15) is 0 Å². The molecule has 2 atom stereocenters. The SMILES string of the molecule is Cc1ccc(NC(=O)[C@H](C)[NH+]2CC=C(c3ccccc3)CC2)c(C)c1. The average molecular weight is 335 g/mol. The van der Waals surface area contributed by atoms with Crippen LogP contribution in [0, 0.1) is 13.8 Å². The topological polar surface area (TPSA) is 33.5 Å². The number of nitrogens with one attached hydrogen (secondary N) is 2. The van der Waals surface area contributed by atoms with Gasteiger partial charge in [0.2, 0.25) is 0 Å². The Labute approximate surface area is 150 Å². The standard InChI is InChI=1S/C22H26N2O/c1-16-9-10-21(17(2)15-16)23-22(25)18(3)24-13-11-20(12-14-24)19-7-5-4-6-8-19/h4-11,15,18H,12-14H2,1-3H3,(H,23,25)/p+1/t18-/m0/s1. The lowest BCUT2D eigenvalue weighted by Crippen LogP contribution is -3.17. The van der Waals surface area contributed by atoms with Crippen molar-refractivity contribution >= 4 is 17.2 Å². The number of amides is 1. The highest BCUT2D eigenvalue weighted by atomic mass is 16.2. The molecule has 3 rings (SSSR count). The minimum Gasteiger partial charge on any atom is -0.321 e. The van der Waals surface area contributed by atoms with Gasteiger partial charge in [-0.05, 0) is 49.6 Å². The van der Waals surface area contributed by atoms with Crippen LogP contribution in [0.15, 0.2) is 54.6 Å². The second-order valence-electron chi connectivity index (χ2n) is 6.99. The first kappa shape index (κ1) is 17.4. The van der Waals surface area contributed by atoms with Crippen LogP contribution in [0.4, 0.5) is 5.69 Å². The van der Waals surface area contributed by atoms with Gasteiger partial charge in [-0.25, -0.2) is 0 Å². The van der Waals surface area contributed by atoms with Crippen molar-refractivity contribution in [3.8, 4) is 0 Å². The maximum absolute atomic E-state index is 12.6. The molecule has 0 saturated carbocycles. The summed E-state index contributed by atoms with van der Waals surface area (Å²) in [7, 11) is 0. The van der Waals surface area contributed by atoms with Gasteiger partial charge in [0.15, 0.2) is 6.04 Å². The van der Waals surface area contributed by atoms with Crippen molar-refractivity contribution < 1.29 is 9.69 Å². The number of aryl methyl sites for hydroxylation is 2. The van der Waals surface area contributed by atoms with Crippen molar-refractivity contribution in [1.82, 2.24) is 0 Å². The fraction of sp³-hybridized carbons (Fsp3) is 0.318. The lowest BCUT2D eigenvalue weighted by atomic mass is 9.99. The molecule has 0 saturated heterocycles. The smallest absolute Gasteiger partial charge is 0.282 e. The highest BCUT2D eigenvalue weighted by Crippen LogP contribution is 2.18. The fourth-order valence-corrected chi connectivity index (χ4v) is 3.44. The molecule has 2 aromatic rings. The van der Waals surface area contributed by atoms with Gasteiger partial charge in [-0.1, -0.05) is 48.0 Å². The molecule has 3 heteroatoms. The van der Waals surface area contributed by atoms with Crippen molar-refractivity contribution in [2.45, 2.75) is 33.2 Å². The molecule has 1 aliphatic rings. The largest absolute Gasteiger partial charge is 0.321 e. The van der Waals surface area contributed by atoms with Crippen LogP contribution in [-0.4, -0.2) is 25.0 Å². The Kier molecular flexibility index (Phi) is 5.34. The van der Waals surface area contributed by atoms with Crippen molar-refractivity contribution in [2.75, 3.05) is 18.4 Å². The zero-order valence-electron chi connectivity index (χ0n) is 15.3. The van der Waals surface area contributed by atoms with E-state index in [1.54, 1.807) is 0 Å². The summed E-state index contributed by atoms with van der Waals surface area (Å²) in [5.74, 6) is 0.0958. The minimum atomic E-state index is -0.0609. The zero-order chi connectivity index (χ0) is 17.8. The van der Waals surface area contributed by atoms with Crippen molar-refractivity contribution in [3.05, 3.63) is 71.3 Å². The van der Waals surface area contributed by atoms with Gasteiger partial charge in [-0.15, -0.1) is 0 Å². The molecule has 2 N–H and O–H groups in total. The first-order valence-corrected chi connectivity index (χ1v) is 9.02. The molecule has 130 valence electrons. The summed E-state index contributed by atoms with van der Waals surface area (Å²) >= 11 is 0. The second-order valence-corrected chi connectivity index (χ2v) is 6.99. The molecule has 25 heavy (non-hydrogen) atoms. The monoisotopic (exact) mass is 335 g/mol. The summed E-state index contributed by atoms with van der Waals surface area (Å²) in [6, 6.07) is 16.6. The quantitative estimate of drug-likeness (QED) is 0.885. The molecule has 1 unspecified atom stereocenters.